The molecule has 0 aliphatic rings. The number of hydrogen-bond donors (Lipinski definition) is 2. The molecule has 0 saturated carbocycles. The molecular weight excluding hydrogens is 262 g/mol. The van der Waals surface area contributed by atoms with Gasteiger partial charge in [-0.1, -0.05) is 6.07 Å². The monoisotopic (exact) mass is 273 g/mol. The number of amides is 1. The third-order valence-corrected chi connectivity index (χ3v) is 2.81. The first-order valence-electron chi connectivity index (χ1n) is 5.83. The quantitative estimate of drug-likeness (QED) is 0.388. The van der Waals surface area contributed by atoms with Crippen LogP contribution < -0.4 is 17.0 Å². The number of carbonyl (C=O) groups is 1. The summed E-state index contributed by atoms with van der Waals surface area (Å²) in [5.74, 6) is 5.00. The number of aromatic nitrogens is 3. The van der Waals surface area contributed by atoms with Crippen LogP contribution in [0.15, 0.2) is 45.7 Å². The lowest BCUT2D eigenvalue weighted by molar-refractivity contribution is 0.0924. The molecule has 3 heterocycles. The van der Waals surface area contributed by atoms with E-state index in [0.29, 0.717) is 11.4 Å². The Morgan fingerprint density at radius 1 is 1.35 bits per heavy atom. The van der Waals surface area contributed by atoms with E-state index in [9.17, 15) is 9.59 Å². The molecule has 0 aromatic carbocycles. The zero-order chi connectivity index (χ0) is 14.1. The third-order valence-electron chi connectivity index (χ3n) is 2.81. The maximum absolute atomic E-state index is 12.1. The molecule has 3 aromatic rings. The van der Waals surface area contributed by atoms with Crippen LogP contribution >= 0.6 is 0 Å². The predicted octanol–water partition coefficient (Wildman–Crippen LogP) is -0.259. The molecule has 1 amide bonds. The SMILES string of the molecule is NNC(=O)c1ccc(Cn2nc3ccccn3c2=O)o1. The number of pyridine rings is 1. The summed E-state index contributed by atoms with van der Waals surface area (Å²) in [4.78, 5) is 23.3. The smallest absolute Gasteiger partial charge is 0.350 e. The summed E-state index contributed by atoms with van der Waals surface area (Å²) in [6.07, 6.45) is 1.64. The minimum Gasteiger partial charge on any atom is -0.454 e. The van der Waals surface area contributed by atoms with E-state index in [0.717, 1.165) is 0 Å². The number of rotatable bonds is 3. The molecule has 0 saturated heterocycles. The van der Waals surface area contributed by atoms with Crippen LogP contribution in [0.1, 0.15) is 16.3 Å². The highest BCUT2D eigenvalue weighted by atomic mass is 16.4. The Kier molecular flexibility index (Phi) is 2.84. The van der Waals surface area contributed by atoms with Crippen molar-refractivity contribution in [2.45, 2.75) is 6.54 Å². The van der Waals surface area contributed by atoms with Crippen LogP contribution in [0, 0.1) is 0 Å². The average Bonchev–Trinajstić information content (AvgIpc) is 3.05. The molecule has 8 heteroatoms. The van der Waals surface area contributed by atoms with Crippen molar-refractivity contribution in [3.63, 3.8) is 0 Å². The second-order valence-electron chi connectivity index (χ2n) is 4.11. The van der Waals surface area contributed by atoms with Gasteiger partial charge in [-0.05, 0) is 24.3 Å². The maximum atomic E-state index is 12.1. The van der Waals surface area contributed by atoms with Crippen LogP contribution in [0.3, 0.4) is 0 Å². The van der Waals surface area contributed by atoms with Gasteiger partial charge in [0, 0.05) is 6.20 Å². The average molecular weight is 273 g/mol. The Morgan fingerprint density at radius 2 is 2.20 bits per heavy atom. The highest BCUT2D eigenvalue weighted by Crippen LogP contribution is 2.08. The van der Waals surface area contributed by atoms with E-state index in [-0.39, 0.29) is 18.0 Å². The van der Waals surface area contributed by atoms with Gasteiger partial charge in [-0.25, -0.2) is 15.3 Å². The summed E-state index contributed by atoms with van der Waals surface area (Å²) < 4.78 is 7.98. The van der Waals surface area contributed by atoms with Crippen LogP contribution in [0.4, 0.5) is 0 Å². The third kappa shape index (κ3) is 1.97. The van der Waals surface area contributed by atoms with Crippen molar-refractivity contribution in [2.24, 2.45) is 5.84 Å². The molecule has 20 heavy (non-hydrogen) atoms. The molecule has 0 spiro atoms. The van der Waals surface area contributed by atoms with Gasteiger partial charge in [-0.3, -0.25) is 14.6 Å². The summed E-state index contributed by atoms with van der Waals surface area (Å²) in [7, 11) is 0. The van der Waals surface area contributed by atoms with Crippen molar-refractivity contribution in [3.05, 3.63) is 58.5 Å². The van der Waals surface area contributed by atoms with Crippen molar-refractivity contribution >= 4 is 11.6 Å². The minimum absolute atomic E-state index is 0.0827. The van der Waals surface area contributed by atoms with Gasteiger partial charge in [0.25, 0.3) is 0 Å². The summed E-state index contributed by atoms with van der Waals surface area (Å²) in [5.41, 5.74) is 2.24. The molecule has 0 unspecified atom stereocenters. The topological polar surface area (TPSA) is 108 Å². The Labute approximate surface area is 112 Å². The van der Waals surface area contributed by atoms with Gasteiger partial charge in [0.2, 0.25) is 0 Å². The van der Waals surface area contributed by atoms with Crippen molar-refractivity contribution < 1.29 is 9.21 Å². The lowest BCUT2D eigenvalue weighted by Gasteiger charge is -1.96. The molecule has 0 fully saturated rings. The van der Waals surface area contributed by atoms with Gasteiger partial charge >= 0.3 is 11.6 Å². The van der Waals surface area contributed by atoms with Crippen LogP contribution in [0.5, 0.6) is 0 Å². The van der Waals surface area contributed by atoms with E-state index in [1.165, 1.54) is 15.1 Å². The van der Waals surface area contributed by atoms with Crippen molar-refractivity contribution in [3.8, 4) is 0 Å². The summed E-state index contributed by atoms with van der Waals surface area (Å²) in [6, 6.07) is 8.35. The molecule has 0 aliphatic heterocycles. The van der Waals surface area contributed by atoms with Crippen LogP contribution in [-0.4, -0.2) is 20.1 Å². The molecule has 0 bridgehead atoms. The highest BCUT2D eigenvalue weighted by Gasteiger charge is 2.12. The Hall–Kier alpha value is -2.87. The Bertz CT molecular complexity index is 829. The summed E-state index contributed by atoms with van der Waals surface area (Å²) >= 11 is 0. The standard InChI is InChI=1S/C12H11N5O3/c13-14-11(18)9-5-4-8(20-9)7-17-12(19)16-6-2-1-3-10(16)15-17/h1-6H,7,13H2,(H,14,18). The van der Waals surface area contributed by atoms with Gasteiger partial charge in [-0.15, -0.1) is 5.10 Å². The number of furan rings is 1. The van der Waals surface area contributed by atoms with E-state index < -0.39 is 5.91 Å². The molecule has 3 rings (SSSR count). The summed E-state index contributed by atoms with van der Waals surface area (Å²) in [6.45, 7) is 0.137. The van der Waals surface area contributed by atoms with Crippen LogP contribution in [-0.2, 0) is 6.54 Å². The van der Waals surface area contributed by atoms with Gasteiger partial charge < -0.3 is 4.42 Å². The number of nitrogen functional groups attached to an aromatic ring is 1. The molecular formula is C12H11N5O3. The minimum atomic E-state index is -0.529. The van der Waals surface area contributed by atoms with Crippen molar-refractivity contribution in [1.29, 1.82) is 0 Å². The Morgan fingerprint density at radius 3 is 2.95 bits per heavy atom. The number of nitrogens with zero attached hydrogens (tertiary/aromatic N) is 3. The van der Waals surface area contributed by atoms with E-state index >= 15 is 0 Å². The van der Waals surface area contributed by atoms with Crippen molar-refractivity contribution in [2.75, 3.05) is 0 Å². The van der Waals surface area contributed by atoms with Gasteiger partial charge in [0.05, 0.1) is 0 Å². The van der Waals surface area contributed by atoms with Gasteiger partial charge in [0.15, 0.2) is 11.4 Å². The molecule has 3 aromatic heterocycles. The lowest BCUT2D eigenvalue weighted by Crippen LogP contribution is -2.29. The number of carbonyl (C=O) groups excluding carboxylic acids is 1. The second kappa shape index (κ2) is 4.67. The number of fused-ring (bicyclic) bond motifs is 1. The fraction of sp³-hybridized carbons (Fsp3) is 0.0833. The number of hydrogen-bond acceptors (Lipinski definition) is 5. The zero-order valence-corrected chi connectivity index (χ0v) is 10.3. The van der Waals surface area contributed by atoms with E-state index in [4.69, 9.17) is 10.3 Å². The van der Waals surface area contributed by atoms with Gasteiger partial charge in [0.1, 0.15) is 12.3 Å². The Balaban J connectivity index is 1.93. The fourth-order valence-electron chi connectivity index (χ4n) is 1.87. The largest absolute Gasteiger partial charge is 0.454 e. The van der Waals surface area contributed by atoms with Crippen LogP contribution in [0.25, 0.3) is 5.65 Å². The number of nitrogens with one attached hydrogen (secondary N) is 1. The number of nitrogens with two attached hydrogens (primary N) is 1. The highest BCUT2D eigenvalue weighted by molar-refractivity contribution is 5.90. The zero-order valence-electron chi connectivity index (χ0n) is 10.3. The molecule has 102 valence electrons. The number of hydrazine groups is 1. The fourth-order valence-corrected chi connectivity index (χ4v) is 1.87. The summed E-state index contributed by atoms with van der Waals surface area (Å²) in [5, 5.41) is 4.16. The van der Waals surface area contributed by atoms with E-state index in [1.807, 2.05) is 5.43 Å². The molecule has 0 radical (unpaired) electrons. The lowest BCUT2D eigenvalue weighted by atomic mass is 10.4. The normalized spacial score (nSPS) is 10.8. The van der Waals surface area contributed by atoms with Crippen LogP contribution in [0.2, 0.25) is 0 Å². The van der Waals surface area contributed by atoms with E-state index in [1.54, 1.807) is 30.5 Å². The van der Waals surface area contributed by atoms with Crippen molar-refractivity contribution in [1.82, 2.24) is 19.6 Å². The first-order valence-corrected chi connectivity index (χ1v) is 5.83. The molecule has 0 aliphatic carbocycles. The molecule has 0 atom stereocenters. The first-order chi connectivity index (χ1) is 9.69. The first kappa shape index (κ1) is 12.2. The van der Waals surface area contributed by atoms with E-state index in [2.05, 4.69) is 5.10 Å². The van der Waals surface area contributed by atoms with Gasteiger partial charge in [-0.2, -0.15) is 0 Å². The molecule has 3 N–H and O–H groups in total. The maximum Gasteiger partial charge on any atom is 0.350 e. The predicted molar refractivity (Wildman–Crippen MR) is 68.9 cm³/mol. The second-order valence-corrected chi connectivity index (χ2v) is 4.11. The molecule has 8 nitrogen and oxygen atoms in total.